The Kier molecular flexibility index (Phi) is 4.67. The van der Waals surface area contributed by atoms with Crippen molar-refractivity contribution in [3.05, 3.63) is 41.3 Å². The van der Waals surface area contributed by atoms with Gasteiger partial charge in [0.2, 0.25) is 0 Å². The summed E-state index contributed by atoms with van der Waals surface area (Å²) in [6.45, 7) is 4.10. The Morgan fingerprint density at radius 2 is 2.24 bits per heavy atom. The normalized spacial score (nSPS) is 10.1. The summed E-state index contributed by atoms with van der Waals surface area (Å²) < 4.78 is 6.77. The molecular formula is C15H16N4O2. The van der Waals surface area contributed by atoms with E-state index in [9.17, 15) is 4.79 Å². The molecule has 0 radical (unpaired) electrons. The molecule has 0 atom stereocenters. The first-order chi connectivity index (χ1) is 10.1. The Bertz CT molecular complexity index is 668. The topological polar surface area (TPSA) is 80.8 Å². The first kappa shape index (κ1) is 14.7. The maximum absolute atomic E-state index is 11.8. The van der Waals surface area contributed by atoms with E-state index < -0.39 is 5.97 Å². The number of aromatic nitrogens is 3. The molecule has 0 unspecified atom stereocenters. The molecule has 0 amide bonds. The summed E-state index contributed by atoms with van der Waals surface area (Å²) in [5.74, 6) is 0.224. The number of carbonyl (C=O) groups is 1. The first-order valence-corrected chi connectivity index (χ1v) is 6.65. The Hall–Kier alpha value is -2.68. The molecule has 0 N–H and O–H groups in total. The Morgan fingerprint density at radius 3 is 2.81 bits per heavy atom. The summed E-state index contributed by atoms with van der Waals surface area (Å²) in [5, 5.41) is 12.7. The number of nitrogens with zero attached hydrogens (tertiary/aromatic N) is 4. The largest absolute Gasteiger partial charge is 0.462 e. The summed E-state index contributed by atoms with van der Waals surface area (Å²) in [6, 6.07) is 7.34. The maximum atomic E-state index is 11.8. The number of esters is 1. The van der Waals surface area contributed by atoms with Crippen LogP contribution < -0.4 is 0 Å². The van der Waals surface area contributed by atoms with Crippen molar-refractivity contribution in [3.63, 3.8) is 0 Å². The van der Waals surface area contributed by atoms with Crippen LogP contribution in [0.5, 0.6) is 0 Å². The highest BCUT2D eigenvalue weighted by Gasteiger charge is 2.09. The van der Waals surface area contributed by atoms with E-state index in [1.54, 1.807) is 16.8 Å². The standard InChI is InChI=1S/C15H16N4O2/c1-11-9-12(2)19(18-11)14-6-5-13(10-17-14)15(20)21-8-4-3-7-16/h5-6,9-10H,3-4,8H2,1-2H3. The van der Waals surface area contributed by atoms with Gasteiger partial charge in [0, 0.05) is 18.3 Å². The van der Waals surface area contributed by atoms with E-state index in [0.717, 1.165) is 11.4 Å². The first-order valence-electron chi connectivity index (χ1n) is 6.65. The molecule has 0 aliphatic rings. The van der Waals surface area contributed by atoms with Crippen LogP contribution in [0.1, 0.15) is 34.6 Å². The highest BCUT2D eigenvalue weighted by Crippen LogP contribution is 2.11. The fourth-order valence-electron chi connectivity index (χ4n) is 1.89. The Labute approximate surface area is 123 Å². The monoisotopic (exact) mass is 284 g/mol. The second kappa shape index (κ2) is 6.66. The second-order valence-corrected chi connectivity index (χ2v) is 4.64. The number of hydrogen-bond donors (Lipinski definition) is 0. The average Bonchev–Trinajstić information content (AvgIpc) is 2.82. The zero-order valence-electron chi connectivity index (χ0n) is 12.0. The summed E-state index contributed by atoms with van der Waals surface area (Å²) in [5.41, 5.74) is 2.28. The van der Waals surface area contributed by atoms with Crippen LogP contribution in [-0.4, -0.2) is 27.3 Å². The van der Waals surface area contributed by atoms with Crippen LogP contribution in [0.15, 0.2) is 24.4 Å². The van der Waals surface area contributed by atoms with Crippen LogP contribution >= 0.6 is 0 Å². The van der Waals surface area contributed by atoms with Crippen LogP contribution in [-0.2, 0) is 4.74 Å². The molecule has 2 aromatic rings. The summed E-state index contributed by atoms with van der Waals surface area (Å²) >= 11 is 0. The van der Waals surface area contributed by atoms with Gasteiger partial charge < -0.3 is 4.74 Å². The van der Waals surface area contributed by atoms with Gasteiger partial charge in [0.05, 0.1) is 23.9 Å². The van der Waals surface area contributed by atoms with Crippen molar-refractivity contribution < 1.29 is 9.53 Å². The van der Waals surface area contributed by atoms with Crippen molar-refractivity contribution in [3.8, 4) is 11.9 Å². The van der Waals surface area contributed by atoms with Crippen LogP contribution in [0.2, 0.25) is 0 Å². The molecule has 0 saturated heterocycles. The van der Waals surface area contributed by atoms with Gasteiger partial charge in [-0.05, 0) is 38.5 Å². The minimum Gasteiger partial charge on any atom is -0.462 e. The molecule has 0 saturated carbocycles. The van der Waals surface area contributed by atoms with Crippen molar-refractivity contribution in [1.82, 2.24) is 14.8 Å². The van der Waals surface area contributed by atoms with Gasteiger partial charge in [-0.3, -0.25) is 0 Å². The molecule has 0 bridgehead atoms. The third-order valence-corrected chi connectivity index (χ3v) is 2.88. The molecule has 2 heterocycles. The molecule has 21 heavy (non-hydrogen) atoms. The summed E-state index contributed by atoms with van der Waals surface area (Å²) in [4.78, 5) is 16.0. The molecule has 0 aliphatic carbocycles. The molecule has 0 aromatic carbocycles. The molecule has 108 valence electrons. The van der Waals surface area contributed by atoms with Crippen molar-refractivity contribution in [2.24, 2.45) is 0 Å². The molecule has 0 fully saturated rings. The van der Waals surface area contributed by atoms with Crippen LogP contribution in [0.3, 0.4) is 0 Å². The van der Waals surface area contributed by atoms with Crippen LogP contribution in [0, 0.1) is 25.2 Å². The zero-order valence-corrected chi connectivity index (χ0v) is 12.0. The van der Waals surface area contributed by atoms with Crippen molar-refractivity contribution in [2.75, 3.05) is 6.61 Å². The Morgan fingerprint density at radius 1 is 1.43 bits per heavy atom. The smallest absolute Gasteiger partial charge is 0.339 e. The predicted molar refractivity (Wildman–Crippen MR) is 76.0 cm³/mol. The van der Waals surface area contributed by atoms with E-state index in [0.29, 0.717) is 24.2 Å². The SMILES string of the molecule is Cc1cc(C)n(-c2ccc(C(=O)OCCCC#N)cn2)n1. The predicted octanol–water partition coefficient (Wildman–Crippen LogP) is 2.34. The number of hydrogen-bond acceptors (Lipinski definition) is 5. The number of carbonyl (C=O) groups excluding carboxylic acids is 1. The molecular weight excluding hydrogens is 268 g/mol. The molecule has 2 aromatic heterocycles. The van der Waals surface area contributed by atoms with Crippen LogP contribution in [0.25, 0.3) is 5.82 Å². The van der Waals surface area contributed by atoms with Crippen molar-refractivity contribution >= 4 is 5.97 Å². The molecule has 6 heteroatoms. The minimum atomic E-state index is -0.430. The van der Waals surface area contributed by atoms with Gasteiger partial charge in [-0.1, -0.05) is 0 Å². The van der Waals surface area contributed by atoms with E-state index in [2.05, 4.69) is 10.1 Å². The van der Waals surface area contributed by atoms with Gasteiger partial charge in [0.15, 0.2) is 5.82 Å². The lowest BCUT2D eigenvalue weighted by Crippen LogP contribution is -2.08. The van der Waals surface area contributed by atoms with E-state index in [4.69, 9.17) is 10.00 Å². The molecule has 6 nitrogen and oxygen atoms in total. The highest BCUT2D eigenvalue weighted by atomic mass is 16.5. The quantitative estimate of drug-likeness (QED) is 0.622. The number of nitriles is 1. The molecule has 0 spiro atoms. The Balaban J connectivity index is 2.04. The lowest BCUT2D eigenvalue weighted by Gasteiger charge is -2.05. The van der Waals surface area contributed by atoms with Gasteiger partial charge in [0.25, 0.3) is 0 Å². The third-order valence-electron chi connectivity index (χ3n) is 2.88. The number of rotatable bonds is 5. The van der Waals surface area contributed by atoms with Crippen molar-refractivity contribution in [1.29, 1.82) is 5.26 Å². The highest BCUT2D eigenvalue weighted by molar-refractivity contribution is 5.89. The van der Waals surface area contributed by atoms with E-state index >= 15 is 0 Å². The lowest BCUT2D eigenvalue weighted by atomic mass is 10.3. The average molecular weight is 284 g/mol. The summed E-state index contributed by atoms with van der Waals surface area (Å²) in [6.07, 6.45) is 2.39. The lowest BCUT2D eigenvalue weighted by molar-refractivity contribution is 0.0501. The van der Waals surface area contributed by atoms with Gasteiger partial charge in [-0.15, -0.1) is 0 Å². The second-order valence-electron chi connectivity index (χ2n) is 4.64. The van der Waals surface area contributed by atoms with Gasteiger partial charge in [0.1, 0.15) is 0 Å². The van der Waals surface area contributed by atoms with Gasteiger partial charge >= 0.3 is 5.97 Å². The van der Waals surface area contributed by atoms with Gasteiger partial charge in [-0.25, -0.2) is 14.5 Å². The number of aryl methyl sites for hydroxylation is 2. The van der Waals surface area contributed by atoms with Gasteiger partial charge in [-0.2, -0.15) is 10.4 Å². The molecule has 2 rings (SSSR count). The fraction of sp³-hybridized carbons (Fsp3) is 0.333. The van der Waals surface area contributed by atoms with Crippen molar-refractivity contribution in [2.45, 2.75) is 26.7 Å². The van der Waals surface area contributed by atoms with E-state index in [1.807, 2.05) is 26.0 Å². The number of ether oxygens (including phenoxy) is 1. The maximum Gasteiger partial charge on any atom is 0.339 e. The number of pyridine rings is 1. The van der Waals surface area contributed by atoms with E-state index in [1.165, 1.54) is 6.20 Å². The fourth-order valence-corrected chi connectivity index (χ4v) is 1.89. The third kappa shape index (κ3) is 3.66. The number of unbranched alkanes of at least 4 members (excludes halogenated alkanes) is 1. The molecule has 0 aliphatic heterocycles. The minimum absolute atomic E-state index is 0.242. The van der Waals surface area contributed by atoms with Crippen LogP contribution in [0.4, 0.5) is 0 Å². The zero-order chi connectivity index (χ0) is 15.2. The summed E-state index contributed by atoms with van der Waals surface area (Å²) in [7, 11) is 0. The van der Waals surface area contributed by atoms with E-state index in [-0.39, 0.29) is 6.61 Å².